The Morgan fingerprint density at radius 3 is 3.00 bits per heavy atom. The van der Waals surface area contributed by atoms with Crippen LogP contribution in [0.25, 0.3) is 0 Å². The molecule has 0 bridgehead atoms. The van der Waals surface area contributed by atoms with E-state index in [1.165, 1.54) is 16.1 Å². The van der Waals surface area contributed by atoms with Gasteiger partial charge in [0.05, 0.1) is 36.5 Å². The summed E-state index contributed by atoms with van der Waals surface area (Å²) >= 11 is 1.78. The summed E-state index contributed by atoms with van der Waals surface area (Å²) in [7, 11) is 0. The third-order valence-corrected chi connectivity index (χ3v) is 5.33. The summed E-state index contributed by atoms with van der Waals surface area (Å²) in [5.41, 5.74) is 2.57. The van der Waals surface area contributed by atoms with Crippen LogP contribution >= 0.6 is 11.3 Å². The van der Waals surface area contributed by atoms with Crippen LogP contribution < -0.4 is 4.90 Å². The first-order valence-electron chi connectivity index (χ1n) is 7.85. The molecular formula is C17H20N2O2S. The minimum Gasteiger partial charge on any atom is -0.375 e. The van der Waals surface area contributed by atoms with Gasteiger partial charge >= 0.3 is 0 Å². The van der Waals surface area contributed by atoms with E-state index in [2.05, 4.69) is 35.2 Å². The van der Waals surface area contributed by atoms with Crippen LogP contribution in [0.4, 0.5) is 5.13 Å². The number of fused-ring (bicyclic) bond motifs is 1. The van der Waals surface area contributed by atoms with Crippen molar-refractivity contribution >= 4 is 16.5 Å². The quantitative estimate of drug-likeness (QED) is 0.872. The van der Waals surface area contributed by atoms with Gasteiger partial charge in [-0.15, -0.1) is 0 Å². The van der Waals surface area contributed by atoms with Crippen molar-refractivity contribution in [2.75, 3.05) is 31.2 Å². The SMILES string of the molecule is c1ccc(CC2CN(c3nc4c(s3)COCC4)CCO2)cc1. The van der Waals surface area contributed by atoms with Gasteiger partial charge in [-0.05, 0) is 5.56 Å². The first-order chi connectivity index (χ1) is 10.9. The molecule has 1 saturated heterocycles. The third kappa shape index (κ3) is 3.02. The van der Waals surface area contributed by atoms with E-state index in [0.29, 0.717) is 0 Å². The normalized spacial score (nSPS) is 21.6. The molecule has 0 radical (unpaired) electrons. The van der Waals surface area contributed by atoms with Crippen molar-refractivity contribution in [1.29, 1.82) is 0 Å². The van der Waals surface area contributed by atoms with Crippen molar-refractivity contribution in [3.8, 4) is 0 Å². The van der Waals surface area contributed by atoms with Crippen LogP contribution in [0.5, 0.6) is 0 Å². The predicted molar refractivity (Wildman–Crippen MR) is 87.6 cm³/mol. The van der Waals surface area contributed by atoms with Crippen LogP contribution in [-0.2, 0) is 28.9 Å². The predicted octanol–water partition coefficient (Wildman–Crippen LogP) is 2.66. The van der Waals surface area contributed by atoms with Gasteiger partial charge in [-0.3, -0.25) is 0 Å². The Morgan fingerprint density at radius 2 is 2.14 bits per heavy atom. The van der Waals surface area contributed by atoms with Gasteiger partial charge in [0.2, 0.25) is 0 Å². The zero-order valence-corrected chi connectivity index (χ0v) is 13.3. The summed E-state index contributed by atoms with van der Waals surface area (Å²) in [5.74, 6) is 0. The second-order valence-corrected chi connectivity index (χ2v) is 6.86. The molecule has 1 fully saturated rings. The van der Waals surface area contributed by atoms with Crippen molar-refractivity contribution in [2.24, 2.45) is 0 Å². The number of aromatic nitrogens is 1. The lowest BCUT2D eigenvalue weighted by molar-refractivity contribution is 0.0410. The molecule has 0 N–H and O–H groups in total. The van der Waals surface area contributed by atoms with E-state index < -0.39 is 0 Å². The Morgan fingerprint density at radius 1 is 1.23 bits per heavy atom. The fourth-order valence-electron chi connectivity index (χ4n) is 3.04. The number of hydrogen-bond acceptors (Lipinski definition) is 5. The van der Waals surface area contributed by atoms with Crippen molar-refractivity contribution in [3.63, 3.8) is 0 Å². The molecule has 2 aromatic rings. The highest BCUT2D eigenvalue weighted by Crippen LogP contribution is 2.30. The zero-order chi connectivity index (χ0) is 14.8. The van der Waals surface area contributed by atoms with E-state index in [0.717, 1.165) is 50.9 Å². The summed E-state index contributed by atoms with van der Waals surface area (Å²) in [6.45, 7) is 4.15. The number of rotatable bonds is 3. The van der Waals surface area contributed by atoms with E-state index in [9.17, 15) is 0 Å². The summed E-state index contributed by atoms with van der Waals surface area (Å²) in [4.78, 5) is 8.50. The molecule has 5 heteroatoms. The molecular weight excluding hydrogens is 296 g/mol. The molecule has 2 aliphatic heterocycles. The zero-order valence-electron chi connectivity index (χ0n) is 12.5. The molecule has 0 amide bonds. The maximum atomic E-state index is 5.95. The van der Waals surface area contributed by atoms with E-state index in [1.54, 1.807) is 11.3 Å². The number of benzene rings is 1. The highest BCUT2D eigenvalue weighted by Gasteiger charge is 2.25. The molecule has 0 aliphatic carbocycles. The van der Waals surface area contributed by atoms with Crippen molar-refractivity contribution in [2.45, 2.75) is 25.6 Å². The monoisotopic (exact) mass is 316 g/mol. The van der Waals surface area contributed by atoms with Gasteiger partial charge in [-0.25, -0.2) is 4.98 Å². The van der Waals surface area contributed by atoms with E-state index in [1.807, 2.05) is 0 Å². The van der Waals surface area contributed by atoms with Gasteiger partial charge in [0.1, 0.15) is 0 Å². The molecule has 0 saturated carbocycles. The molecule has 4 rings (SSSR count). The Bertz CT molecular complexity index is 605. The highest BCUT2D eigenvalue weighted by atomic mass is 32.1. The van der Waals surface area contributed by atoms with Crippen molar-refractivity contribution < 1.29 is 9.47 Å². The number of anilines is 1. The van der Waals surface area contributed by atoms with Gasteiger partial charge in [-0.2, -0.15) is 0 Å². The molecule has 1 aromatic carbocycles. The second-order valence-electron chi connectivity index (χ2n) is 5.80. The fraction of sp³-hybridized carbons (Fsp3) is 0.471. The lowest BCUT2D eigenvalue weighted by Crippen LogP contribution is -2.43. The Kier molecular flexibility index (Phi) is 4.10. The van der Waals surface area contributed by atoms with Gasteiger partial charge in [0, 0.05) is 25.9 Å². The van der Waals surface area contributed by atoms with Crippen LogP contribution in [0.2, 0.25) is 0 Å². The maximum absolute atomic E-state index is 5.95. The summed E-state index contributed by atoms with van der Waals surface area (Å²) in [5, 5.41) is 1.14. The summed E-state index contributed by atoms with van der Waals surface area (Å²) in [6.07, 6.45) is 2.16. The second kappa shape index (κ2) is 6.36. The van der Waals surface area contributed by atoms with E-state index >= 15 is 0 Å². The maximum Gasteiger partial charge on any atom is 0.186 e. The summed E-state index contributed by atoms with van der Waals surface area (Å²) < 4.78 is 11.5. The lowest BCUT2D eigenvalue weighted by atomic mass is 10.1. The van der Waals surface area contributed by atoms with Crippen LogP contribution in [0, 0.1) is 0 Å². The molecule has 4 nitrogen and oxygen atoms in total. The number of nitrogens with zero attached hydrogens (tertiary/aromatic N) is 2. The third-order valence-electron chi connectivity index (χ3n) is 4.20. The number of morpholine rings is 1. The average molecular weight is 316 g/mol. The van der Waals surface area contributed by atoms with Gasteiger partial charge in [-0.1, -0.05) is 41.7 Å². The number of ether oxygens (including phenoxy) is 2. The molecule has 0 spiro atoms. The van der Waals surface area contributed by atoms with Gasteiger partial charge in [0.15, 0.2) is 5.13 Å². The molecule has 3 heterocycles. The van der Waals surface area contributed by atoms with Crippen LogP contribution in [0.1, 0.15) is 16.1 Å². The Labute approximate surface area is 134 Å². The topological polar surface area (TPSA) is 34.6 Å². The lowest BCUT2D eigenvalue weighted by Gasteiger charge is -2.32. The Balaban J connectivity index is 1.45. The van der Waals surface area contributed by atoms with Crippen LogP contribution in [0.15, 0.2) is 30.3 Å². The molecule has 116 valence electrons. The van der Waals surface area contributed by atoms with Crippen molar-refractivity contribution in [1.82, 2.24) is 4.98 Å². The van der Waals surface area contributed by atoms with E-state index in [4.69, 9.17) is 14.5 Å². The van der Waals surface area contributed by atoms with Gasteiger partial charge < -0.3 is 14.4 Å². The summed E-state index contributed by atoms with van der Waals surface area (Å²) in [6, 6.07) is 10.6. The average Bonchev–Trinajstić information content (AvgIpc) is 3.00. The minimum absolute atomic E-state index is 0.244. The first-order valence-corrected chi connectivity index (χ1v) is 8.67. The standard InChI is InChI=1S/C17H20N2O2S/c1-2-4-13(5-3-1)10-14-11-19(7-9-21-14)17-18-15-6-8-20-12-16(15)22-17/h1-5,14H,6-12H2. The highest BCUT2D eigenvalue weighted by molar-refractivity contribution is 7.15. The molecule has 2 aliphatic rings. The molecule has 1 unspecified atom stereocenters. The fourth-order valence-corrected chi connectivity index (χ4v) is 4.12. The largest absolute Gasteiger partial charge is 0.375 e. The number of thiazole rings is 1. The Hall–Kier alpha value is -1.43. The van der Waals surface area contributed by atoms with Crippen molar-refractivity contribution in [3.05, 3.63) is 46.5 Å². The first kappa shape index (κ1) is 14.2. The van der Waals surface area contributed by atoms with E-state index in [-0.39, 0.29) is 6.10 Å². The van der Waals surface area contributed by atoms with Crippen LogP contribution in [0.3, 0.4) is 0 Å². The molecule has 1 atom stereocenters. The minimum atomic E-state index is 0.244. The number of hydrogen-bond donors (Lipinski definition) is 0. The smallest absolute Gasteiger partial charge is 0.186 e. The van der Waals surface area contributed by atoms with Gasteiger partial charge in [0.25, 0.3) is 0 Å². The molecule has 1 aromatic heterocycles. The van der Waals surface area contributed by atoms with Crippen LogP contribution in [-0.4, -0.2) is 37.4 Å². The molecule has 22 heavy (non-hydrogen) atoms.